The number of halogens is 1. The van der Waals surface area contributed by atoms with E-state index < -0.39 is 5.97 Å². The average Bonchev–Trinajstić information content (AvgIpc) is 2.50. The summed E-state index contributed by atoms with van der Waals surface area (Å²) in [5, 5.41) is 3.27. The third-order valence-electron chi connectivity index (χ3n) is 3.07. The van der Waals surface area contributed by atoms with Crippen LogP contribution in [-0.2, 0) is 4.74 Å². The Morgan fingerprint density at radius 2 is 1.91 bits per heavy atom. The van der Waals surface area contributed by atoms with Crippen LogP contribution in [0.3, 0.4) is 0 Å². The number of aryl methyl sites for hydroxylation is 1. The molecular formula is C17H16ClNO3. The van der Waals surface area contributed by atoms with E-state index in [-0.39, 0.29) is 5.91 Å². The van der Waals surface area contributed by atoms with Gasteiger partial charge in [0.1, 0.15) is 0 Å². The summed E-state index contributed by atoms with van der Waals surface area (Å²) in [7, 11) is 0. The number of hydrogen-bond donors (Lipinski definition) is 1. The van der Waals surface area contributed by atoms with Gasteiger partial charge in [0, 0.05) is 16.3 Å². The van der Waals surface area contributed by atoms with Gasteiger partial charge in [-0.2, -0.15) is 0 Å². The van der Waals surface area contributed by atoms with Gasteiger partial charge in [-0.1, -0.05) is 23.7 Å². The number of ether oxygens (including phenoxy) is 1. The van der Waals surface area contributed by atoms with Gasteiger partial charge in [0.15, 0.2) is 0 Å². The number of carbonyl (C=O) groups is 2. The first-order valence-corrected chi connectivity index (χ1v) is 7.23. The zero-order valence-electron chi connectivity index (χ0n) is 12.4. The number of amides is 1. The lowest BCUT2D eigenvalue weighted by molar-refractivity contribution is 0.0526. The zero-order chi connectivity index (χ0) is 16.1. The quantitative estimate of drug-likeness (QED) is 0.864. The molecule has 0 radical (unpaired) electrons. The number of rotatable bonds is 4. The Balaban J connectivity index is 2.16. The van der Waals surface area contributed by atoms with Gasteiger partial charge in [-0.25, -0.2) is 4.79 Å². The average molecular weight is 318 g/mol. The molecular weight excluding hydrogens is 302 g/mol. The summed E-state index contributed by atoms with van der Waals surface area (Å²) in [6.45, 7) is 3.91. The largest absolute Gasteiger partial charge is 0.462 e. The van der Waals surface area contributed by atoms with Gasteiger partial charge in [-0.05, 0) is 49.7 Å². The maximum absolute atomic E-state index is 12.2. The van der Waals surface area contributed by atoms with Crippen LogP contribution in [0, 0.1) is 6.92 Å². The van der Waals surface area contributed by atoms with E-state index in [9.17, 15) is 9.59 Å². The Bertz CT molecular complexity index is 713. The topological polar surface area (TPSA) is 55.4 Å². The second kappa shape index (κ2) is 7.09. The van der Waals surface area contributed by atoms with Gasteiger partial charge in [-0.15, -0.1) is 0 Å². The molecule has 0 aliphatic rings. The highest BCUT2D eigenvalue weighted by Gasteiger charge is 2.10. The van der Waals surface area contributed by atoms with Crippen molar-refractivity contribution < 1.29 is 14.3 Å². The molecule has 114 valence electrons. The maximum Gasteiger partial charge on any atom is 0.338 e. The molecule has 0 saturated heterocycles. The van der Waals surface area contributed by atoms with Gasteiger partial charge < -0.3 is 10.1 Å². The van der Waals surface area contributed by atoms with Crippen LogP contribution in [0.5, 0.6) is 0 Å². The minimum Gasteiger partial charge on any atom is -0.462 e. The molecule has 0 aliphatic carbocycles. The SMILES string of the molecule is CCOC(=O)c1cccc(NC(=O)c2ccc(C)c(Cl)c2)c1. The fourth-order valence-electron chi connectivity index (χ4n) is 1.88. The summed E-state index contributed by atoms with van der Waals surface area (Å²) < 4.78 is 4.93. The van der Waals surface area contributed by atoms with E-state index >= 15 is 0 Å². The molecule has 2 aromatic carbocycles. The first kappa shape index (κ1) is 16.0. The Hall–Kier alpha value is -2.33. The van der Waals surface area contributed by atoms with Crippen LogP contribution in [0.2, 0.25) is 5.02 Å². The van der Waals surface area contributed by atoms with Crippen molar-refractivity contribution in [1.82, 2.24) is 0 Å². The van der Waals surface area contributed by atoms with Gasteiger partial charge in [0.05, 0.1) is 12.2 Å². The van der Waals surface area contributed by atoms with Gasteiger partial charge in [0.2, 0.25) is 0 Å². The van der Waals surface area contributed by atoms with E-state index in [2.05, 4.69) is 5.32 Å². The standard InChI is InChI=1S/C17H16ClNO3/c1-3-22-17(21)13-5-4-6-14(9-13)19-16(20)12-8-7-11(2)15(18)10-12/h4-10H,3H2,1-2H3,(H,19,20). The normalized spacial score (nSPS) is 10.1. The fraction of sp³-hybridized carbons (Fsp3) is 0.176. The molecule has 0 aromatic heterocycles. The monoisotopic (exact) mass is 317 g/mol. The van der Waals surface area contributed by atoms with Crippen molar-refractivity contribution in [2.45, 2.75) is 13.8 Å². The smallest absolute Gasteiger partial charge is 0.338 e. The molecule has 0 saturated carbocycles. The van der Waals surface area contributed by atoms with Crippen molar-refractivity contribution in [2.24, 2.45) is 0 Å². The molecule has 0 heterocycles. The van der Waals surface area contributed by atoms with Gasteiger partial charge in [-0.3, -0.25) is 4.79 Å². The molecule has 2 rings (SSSR count). The predicted molar refractivity (Wildman–Crippen MR) is 86.5 cm³/mol. The third-order valence-corrected chi connectivity index (χ3v) is 3.47. The first-order chi connectivity index (χ1) is 10.5. The van der Waals surface area contributed by atoms with Crippen LogP contribution < -0.4 is 5.32 Å². The van der Waals surface area contributed by atoms with Gasteiger partial charge >= 0.3 is 5.97 Å². The number of anilines is 1. The van der Waals surface area contributed by atoms with Crippen molar-refractivity contribution in [1.29, 1.82) is 0 Å². The van der Waals surface area contributed by atoms with Crippen molar-refractivity contribution in [3.8, 4) is 0 Å². The minimum absolute atomic E-state index is 0.289. The Kier molecular flexibility index (Phi) is 5.17. The van der Waals surface area contributed by atoms with E-state index in [4.69, 9.17) is 16.3 Å². The first-order valence-electron chi connectivity index (χ1n) is 6.86. The molecule has 0 aliphatic heterocycles. The predicted octanol–water partition coefficient (Wildman–Crippen LogP) is 4.08. The zero-order valence-corrected chi connectivity index (χ0v) is 13.1. The number of carbonyl (C=O) groups excluding carboxylic acids is 2. The molecule has 2 aromatic rings. The van der Waals surface area contributed by atoms with Crippen LogP contribution in [0.15, 0.2) is 42.5 Å². The Morgan fingerprint density at radius 3 is 2.59 bits per heavy atom. The summed E-state index contributed by atoms with van der Waals surface area (Å²) in [6.07, 6.45) is 0. The molecule has 1 N–H and O–H groups in total. The number of benzene rings is 2. The maximum atomic E-state index is 12.2. The van der Waals surface area contributed by atoms with Crippen LogP contribution in [0.1, 0.15) is 33.2 Å². The second-order valence-electron chi connectivity index (χ2n) is 4.72. The lowest BCUT2D eigenvalue weighted by atomic mass is 10.1. The van der Waals surface area contributed by atoms with E-state index in [1.165, 1.54) is 0 Å². The molecule has 4 nitrogen and oxygen atoms in total. The van der Waals surface area contributed by atoms with Crippen molar-refractivity contribution in [2.75, 3.05) is 11.9 Å². The summed E-state index contributed by atoms with van der Waals surface area (Å²) in [4.78, 5) is 23.9. The third kappa shape index (κ3) is 3.86. The van der Waals surface area contributed by atoms with E-state index in [1.54, 1.807) is 49.4 Å². The molecule has 0 bridgehead atoms. The Labute approximate surface area is 134 Å². The van der Waals surface area contributed by atoms with Crippen molar-refractivity contribution in [3.05, 3.63) is 64.2 Å². The molecule has 22 heavy (non-hydrogen) atoms. The number of hydrogen-bond acceptors (Lipinski definition) is 3. The van der Waals surface area contributed by atoms with Crippen molar-refractivity contribution >= 4 is 29.2 Å². The van der Waals surface area contributed by atoms with Gasteiger partial charge in [0.25, 0.3) is 5.91 Å². The second-order valence-corrected chi connectivity index (χ2v) is 5.13. The summed E-state index contributed by atoms with van der Waals surface area (Å²) in [5.74, 6) is -0.708. The highest BCUT2D eigenvalue weighted by Crippen LogP contribution is 2.18. The van der Waals surface area contributed by atoms with Crippen LogP contribution in [0.4, 0.5) is 5.69 Å². The number of esters is 1. The molecule has 0 spiro atoms. The van der Waals surface area contributed by atoms with Crippen LogP contribution in [-0.4, -0.2) is 18.5 Å². The summed E-state index contributed by atoms with van der Waals surface area (Å²) in [5.41, 5.74) is 2.27. The molecule has 5 heteroatoms. The van der Waals surface area contributed by atoms with E-state index in [0.29, 0.717) is 28.4 Å². The summed E-state index contributed by atoms with van der Waals surface area (Å²) in [6, 6.07) is 11.7. The van der Waals surface area contributed by atoms with Crippen LogP contribution >= 0.6 is 11.6 Å². The molecule has 0 unspecified atom stereocenters. The highest BCUT2D eigenvalue weighted by atomic mass is 35.5. The van der Waals surface area contributed by atoms with Crippen molar-refractivity contribution in [3.63, 3.8) is 0 Å². The number of nitrogens with one attached hydrogen (secondary N) is 1. The molecule has 0 atom stereocenters. The Morgan fingerprint density at radius 1 is 1.14 bits per heavy atom. The minimum atomic E-state index is -0.419. The molecule has 1 amide bonds. The highest BCUT2D eigenvalue weighted by molar-refractivity contribution is 6.31. The molecule has 0 fully saturated rings. The lowest BCUT2D eigenvalue weighted by Gasteiger charge is -2.08. The van der Waals surface area contributed by atoms with E-state index in [0.717, 1.165) is 5.56 Å². The van der Waals surface area contributed by atoms with Crippen LogP contribution in [0.25, 0.3) is 0 Å². The summed E-state index contributed by atoms with van der Waals surface area (Å²) >= 11 is 6.02. The lowest BCUT2D eigenvalue weighted by Crippen LogP contribution is -2.13. The fourth-order valence-corrected chi connectivity index (χ4v) is 2.06. The van der Waals surface area contributed by atoms with E-state index in [1.807, 2.05) is 6.92 Å².